The molecule has 0 fully saturated rings. The van der Waals surface area contributed by atoms with Gasteiger partial charge in [0.25, 0.3) is 5.91 Å². The maximum absolute atomic E-state index is 13.2. The number of benzene rings is 2. The van der Waals surface area contributed by atoms with E-state index >= 15 is 0 Å². The summed E-state index contributed by atoms with van der Waals surface area (Å²) in [6.07, 6.45) is 4.52. The molecular weight excluding hydrogens is 381 g/mol. The van der Waals surface area contributed by atoms with Gasteiger partial charge in [0.15, 0.2) is 0 Å². The highest BCUT2D eigenvalue weighted by molar-refractivity contribution is 6.31. The zero-order valence-electron chi connectivity index (χ0n) is 14.4. The van der Waals surface area contributed by atoms with Crippen molar-refractivity contribution < 1.29 is 9.18 Å². The van der Waals surface area contributed by atoms with E-state index in [1.165, 1.54) is 30.6 Å². The third-order valence-electron chi connectivity index (χ3n) is 3.96. The normalized spacial score (nSPS) is 10.6. The van der Waals surface area contributed by atoms with Crippen LogP contribution in [0.3, 0.4) is 0 Å². The van der Waals surface area contributed by atoms with Crippen molar-refractivity contribution in [2.24, 2.45) is 0 Å². The summed E-state index contributed by atoms with van der Waals surface area (Å²) in [6, 6.07) is 13.5. The Bertz CT molecular complexity index is 1160. The molecular formula is C20H13ClFN5O. The second-order valence-corrected chi connectivity index (χ2v) is 6.28. The highest BCUT2D eigenvalue weighted by Gasteiger charge is 2.11. The molecule has 4 aromatic rings. The molecule has 2 aromatic heterocycles. The van der Waals surface area contributed by atoms with E-state index < -0.39 is 11.7 Å². The average molecular weight is 394 g/mol. The maximum atomic E-state index is 13.2. The van der Waals surface area contributed by atoms with Crippen LogP contribution in [0.2, 0.25) is 5.02 Å². The predicted octanol–water partition coefficient (Wildman–Crippen LogP) is 4.81. The lowest BCUT2D eigenvalue weighted by Crippen LogP contribution is -2.14. The molecule has 138 valence electrons. The second kappa shape index (κ2) is 7.58. The standard InChI is InChI=1S/C20H13ClFN5O/c21-14-9-13(6-7-15(14)22)26-20(28)17-10-25-18(11-24-17)27-16-5-1-3-12-4-2-8-23-19(12)16/h1-11H,(H,25,27)(H,26,28). The van der Waals surface area contributed by atoms with Gasteiger partial charge in [-0.05, 0) is 30.3 Å². The molecule has 1 amide bonds. The molecule has 0 saturated carbocycles. The van der Waals surface area contributed by atoms with Crippen molar-refractivity contribution in [2.75, 3.05) is 10.6 Å². The minimum atomic E-state index is -0.558. The van der Waals surface area contributed by atoms with E-state index in [1.807, 2.05) is 30.3 Å². The van der Waals surface area contributed by atoms with Crippen molar-refractivity contribution in [3.05, 3.63) is 83.7 Å². The van der Waals surface area contributed by atoms with Gasteiger partial charge >= 0.3 is 0 Å². The van der Waals surface area contributed by atoms with Crippen LogP contribution in [0.15, 0.2) is 67.1 Å². The Morgan fingerprint density at radius 2 is 1.86 bits per heavy atom. The number of fused-ring (bicyclic) bond motifs is 1. The first kappa shape index (κ1) is 17.8. The SMILES string of the molecule is O=C(Nc1ccc(F)c(Cl)c1)c1cnc(Nc2cccc3cccnc23)cn1. The highest BCUT2D eigenvalue weighted by Crippen LogP contribution is 2.23. The number of carbonyl (C=O) groups is 1. The van der Waals surface area contributed by atoms with Crippen LogP contribution in [0.5, 0.6) is 0 Å². The van der Waals surface area contributed by atoms with Crippen LogP contribution < -0.4 is 10.6 Å². The number of aromatic nitrogens is 3. The summed E-state index contributed by atoms with van der Waals surface area (Å²) in [5, 5.41) is 6.66. The lowest BCUT2D eigenvalue weighted by atomic mass is 10.2. The number of rotatable bonds is 4. The smallest absolute Gasteiger partial charge is 0.275 e. The third kappa shape index (κ3) is 3.74. The minimum absolute atomic E-state index is 0.0767. The molecule has 2 N–H and O–H groups in total. The molecule has 28 heavy (non-hydrogen) atoms. The molecule has 0 unspecified atom stereocenters. The van der Waals surface area contributed by atoms with Crippen LogP contribution in [-0.4, -0.2) is 20.9 Å². The Balaban J connectivity index is 1.50. The van der Waals surface area contributed by atoms with Crippen molar-refractivity contribution >= 4 is 45.6 Å². The van der Waals surface area contributed by atoms with Gasteiger partial charge in [-0.3, -0.25) is 9.78 Å². The highest BCUT2D eigenvalue weighted by atomic mass is 35.5. The van der Waals surface area contributed by atoms with Crippen molar-refractivity contribution in [1.29, 1.82) is 0 Å². The number of hydrogen-bond acceptors (Lipinski definition) is 5. The number of halogens is 2. The Hall–Kier alpha value is -3.58. The lowest BCUT2D eigenvalue weighted by molar-refractivity contribution is 0.102. The van der Waals surface area contributed by atoms with Crippen LogP contribution in [0.25, 0.3) is 10.9 Å². The zero-order chi connectivity index (χ0) is 19.5. The van der Waals surface area contributed by atoms with Crippen molar-refractivity contribution in [1.82, 2.24) is 15.0 Å². The molecule has 0 spiro atoms. The number of pyridine rings is 1. The van der Waals surface area contributed by atoms with Gasteiger partial charge in [0.1, 0.15) is 17.3 Å². The molecule has 0 aliphatic heterocycles. The van der Waals surface area contributed by atoms with E-state index in [1.54, 1.807) is 6.20 Å². The summed E-state index contributed by atoms with van der Waals surface area (Å²) in [7, 11) is 0. The van der Waals surface area contributed by atoms with Crippen molar-refractivity contribution in [2.45, 2.75) is 0 Å². The number of para-hydroxylation sites is 1. The Labute approximate surface area is 164 Å². The number of hydrogen-bond donors (Lipinski definition) is 2. The van der Waals surface area contributed by atoms with Gasteiger partial charge in [-0.15, -0.1) is 0 Å². The van der Waals surface area contributed by atoms with Crippen molar-refractivity contribution in [3.63, 3.8) is 0 Å². The topological polar surface area (TPSA) is 79.8 Å². The van der Waals surface area contributed by atoms with Crippen LogP contribution in [0, 0.1) is 5.82 Å². The van der Waals surface area contributed by atoms with Crippen LogP contribution in [-0.2, 0) is 0 Å². The first-order valence-electron chi connectivity index (χ1n) is 8.29. The van der Waals surface area contributed by atoms with E-state index in [0.717, 1.165) is 16.6 Å². The fraction of sp³-hybridized carbons (Fsp3) is 0. The quantitative estimate of drug-likeness (QED) is 0.520. The first-order valence-corrected chi connectivity index (χ1v) is 8.67. The van der Waals surface area contributed by atoms with Gasteiger partial charge in [0, 0.05) is 17.3 Å². The number of nitrogens with one attached hydrogen (secondary N) is 2. The Kier molecular flexibility index (Phi) is 4.82. The summed E-state index contributed by atoms with van der Waals surface area (Å²) in [5.41, 5.74) is 2.07. The molecule has 0 atom stereocenters. The second-order valence-electron chi connectivity index (χ2n) is 5.88. The molecule has 0 bridgehead atoms. The monoisotopic (exact) mass is 393 g/mol. The predicted molar refractivity (Wildman–Crippen MR) is 106 cm³/mol. The lowest BCUT2D eigenvalue weighted by Gasteiger charge is -2.09. The molecule has 2 aromatic carbocycles. The molecule has 0 aliphatic carbocycles. The number of carbonyl (C=O) groups excluding carboxylic acids is 1. The molecule has 8 heteroatoms. The molecule has 0 saturated heterocycles. The summed E-state index contributed by atoms with van der Waals surface area (Å²) in [4.78, 5) is 25.0. The Morgan fingerprint density at radius 3 is 2.64 bits per heavy atom. The van der Waals surface area contributed by atoms with E-state index in [9.17, 15) is 9.18 Å². The number of amides is 1. The fourth-order valence-electron chi connectivity index (χ4n) is 2.62. The Morgan fingerprint density at radius 1 is 1.00 bits per heavy atom. The van der Waals surface area contributed by atoms with Crippen LogP contribution in [0.1, 0.15) is 10.5 Å². The van der Waals surface area contributed by atoms with Gasteiger partial charge in [0.2, 0.25) is 0 Å². The molecule has 2 heterocycles. The molecule has 4 rings (SSSR count). The largest absolute Gasteiger partial charge is 0.337 e. The van der Waals surface area contributed by atoms with Gasteiger partial charge in [0.05, 0.1) is 28.6 Å². The number of anilines is 3. The van der Waals surface area contributed by atoms with E-state index in [2.05, 4.69) is 25.6 Å². The minimum Gasteiger partial charge on any atom is -0.337 e. The average Bonchev–Trinajstić information content (AvgIpc) is 2.71. The van der Waals surface area contributed by atoms with Crippen LogP contribution >= 0.6 is 11.6 Å². The van der Waals surface area contributed by atoms with E-state index in [4.69, 9.17) is 11.6 Å². The fourth-order valence-corrected chi connectivity index (χ4v) is 2.80. The first-order chi connectivity index (χ1) is 13.6. The molecule has 0 radical (unpaired) electrons. The van der Waals surface area contributed by atoms with Gasteiger partial charge in [-0.1, -0.05) is 29.8 Å². The van der Waals surface area contributed by atoms with Gasteiger partial charge in [-0.2, -0.15) is 0 Å². The zero-order valence-corrected chi connectivity index (χ0v) is 15.1. The van der Waals surface area contributed by atoms with Crippen LogP contribution in [0.4, 0.5) is 21.6 Å². The van der Waals surface area contributed by atoms with Gasteiger partial charge < -0.3 is 10.6 Å². The summed E-state index contributed by atoms with van der Waals surface area (Å²) >= 11 is 5.71. The summed E-state index contributed by atoms with van der Waals surface area (Å²) in [6.45, 7) is 0. The van der Waals surface area contributed by atoms with Crippen molar-refractivity contribution in [3.8, 4) is 0 Å². The third-order valence-corrected chi connectivity index (χ3v) is 4.25. The molecule has 6 nitrogen and oxygen atoms in total. The summed E-state index contributed by atoms with van der Waals surface area (Å²) < 4.78 is 13.2. The summed E-state index contributed by atoms with van der Waals surface area (Å²) in [5.74, 6) is -0.564. The number of nitrogens with zero attached hydrogens (tertiary/aromatic N) is 3. The van der Waals surface area contributed by atoms with E-state index in [-0.39, 0.29) is 10.7 Å². The molecule has 0 aliphatic rings. The van der Waals surface area contributed by atoms with Gasteiger partial charge in [-0.25, -0.2) is 14.4 Å². The van der Waals surface area contributed by atoms with E-state index in [0.29, 0.717) is 11.5 Å². The maximum Gasteiger partial charge on any atom is 0.275 e.